The molecule has 2 heterocycles. The molecule has 13 heteroatoms. The lowest BCUT2D eigenvalue weighted by Crippen LogP contribution is -2.66. The van der Waals surface area contributed by atoms with Crippen LogP contribution in [0.1, 0.15) is 18.9 Å². The smallest absolute Gasteiger partial charge is 0.368 e. The van der Waals surface area contributed by atoms with Gasteiger partial charge in [-0.1, -0.05) is 11.6 Å². The van der Waals surface area contributed by atoms with E-state index in [0.29, 0.717) is 10.2 Å². The Kier molecular flexibility index (Phi) is 5.28. The predicted octanol–water partition coefficient (Wildman–Crippen LogP) is 1.57. The van der Waals surface area contributed by atoms with E-state index >= 15 is 0 Å². The first-order chi connectivity index (χ1) is 13.1. The number of nitrogens with two attached hydrogens (primary N) is 1. The van der Waals surface area contributed by atoms with Gasteiger partial charge in [-0.15, -0.1) is 5.12 Å². The Balaban J connectivity index is 1.97. The molecule has 3 N–H and O–H groups in total. The lowest BCUT2D eigenvalue weighted by molar-refractivity contribution is -0.161. The normalized spacial score (nSPS) is 17.8. The number of hydrogen-bond acceptors (Lipinski definition) is 7. The Bertz CT molecular complexity index is 941. The van der Waals surface area contributed by atoms with E-state index in [9.17, 15) is 22.8 Å². The molecule has 28 heavy (non-hydrogen) atoms. The molecule has 1 aliphatic heterocycles. The summed E-state index contributed by atoms with van der Waals surface area (Å²) >= 11 is 6.01. The Labute approximate surface area is 161 Å². The number of aromatic nitrogens is 2. The fourth-order valence-corrected chi connectivity index (χ4v) is 2.76. The average Bonchev–Trinajstić information content (AvgIpc) is 2.62. The summed E-state index contributed by atoms with van der Waals surface area (Å²) in [7, 11) is 0. The number of amides is 2. The summed E-state index contributed by atoms with van der Waals surface area (Å²) < 4.78 is 43.7. The maximum absolute atomic E-state index is 12.8. The minimum absolute atomic E-state index is 0.0555. The van der Waals surface area contributed by atoms with Gasteiger partial charge < -0.3 is 4.74 Å². The lowest BCUT2D eigenvalue weighted by atomic mass is 10.2. The van der Waals surface area contributed by atoms with E-state index < -0.39 is 29.7 Å². The van der Waals surface area contributed by atoms with E-state index in [1.54, 1.807) is 6.92 Å². The molecule has 2 aromatic rings. The van der Waals surface area contributed by atoms with E-state index in [2.05, 4.69) is 15.4 Å². The van der Waals surface area contributed by atoms with E-state index in [1.165, 1.54) is 0 Å². The molecule has 2 amide bonds. The van der Waals surface area contributed by atoms with Crippen LogP contribution in [0.4, 0.5) is 19.0 Å². The molecule has 0 spiro atoms. The molecule has 3 rings (SSSR count). The fraction of sp³-hybridized carbons (Fsp3) is 0.333. The SMILES string of the molecule is CCOC1CC(=O)NN(N(N)c2nc3ccc(C(F)(F)F)cc3nc2Cl)C1=O. The summed E-state index contributed by atoms with van der Waals surface area (Å²) in [5.41, 5.74) is 1.27. The van der Waals surface area contributed by atoms with Crippen molar-refractivity contribution in [2.45, 2.75) is 25.6 Å². The highest BCUT2D eigenvalue weighted by molar-refractivity contribution is 6.32. The highest BCUT2D eigenvalue weighted by atomic mass is 35.5. The van der Waals surface area contributed by atoms with E-state index in [-0.39, 0.29) is 35.0 Å². The number of rotatable bonds is 4. The van der Waals surface area contributed by atoms with Gasteiger partial charge in [-0.05, 0) is 25.1 Å². The first-order valence-electron chi connectivity index (χ1n) is 7.96. The van der Waals surface area contributed by atoms with Crippen molar-refractivity contribution in [1.82, 2.24) is 20.5 Å². The molecule has 150 valence electrons. The van der Waals surface area contributed by atoms with Crippen molar-refractivity contribution in [2.24, 2.45) is 5.84 Å². The van der Waals surface area contributed by atoms with Gasteiger partial charge >= 0.3 is 6.18 Å². The van der Waals surface area contributed by atoms with Gasteiger partial charge in [-0.2, -0.15) is 18.3 Å². The zero-order valence-corrected chi connectivity index (χ0v) is 15.1. The summed E-state index contributed by atoms with van der Waals surface area (Å²) in [6, 6.07) is 2.71. The molecular formula is C15H14ClF3N6O3. The van der Waals surface area contributed by atoms with Crippen LogP contribution in [0.2, 0.25) is 5.15 Å². The van der Waals surface area contributed by atoms with Gasteiger partial charge in [0, 0.05) is 6.61 Å². The number of fused-ring (bicyclic) bond motifs is 1. The summed E-state index contributed by atoms with van der Waals surface area (Å²) in [6.07, 6.45) is -5.79. The van der Waals surface area contributed by atoms with Crippen LogP contribution in [0.5, 0.6) is 0 Å². The van der Waals surface area contributed by atoms with Gasteiger partial charge in [-0.3, -0.25) is 9.59 Å². The van der Waals surface area contributed by atoms with Crippen LogP contribution in [0, 0.1) is 0 Å². The van der Waals surface area contributed by atoms with Crippen LogP contribution >= 0.6 is 11.6 Å². The lowest BCUT2D eigenvalue weighted by Gasteiger charge is -2.36. The molecule has 9 nitrogen and oxygen atoms in total. The van der Waals surface area contributed by atoms with Gasteiger partial charge in [0.2, 0.25) is 11.7 Å². The first kappa shape index (κ1) is 20.0. The van der Waals surface area contributed by atoms with Crippen molar-refractivity contribution in [3.63, 3.8) is 0 Å². The molecule has 1 aromatic carbocycles. The van der Waals surface area contributed by atoms with Crippen molar-refractivity contribution in [1.29, 1.82) is 0 Å². The van der Waals surface area contributed by atoms with Gasteiger partial charge in [0.25, 0.3) is 5.91 Å². The molecule has 1 atom stereocenters. The Morgan fingerprint density at radius 1 is 1.36 bits per heavy atom. The van der Waals surface area contributed by atoms with Crippen LogP contribution in [-0.2, 0) is 20.5 Å². The number of anilines is 1. The Morgan fingerprint density at radius 3 is 2.71 bits per heavy atom. The second kappa shape index (κ2) is 7.37. The maximum atomic E-state index is 12.8. The number of carbonyl (C=O) groups is 2. The Hall–Kier alpha value is -2.70. The van der Waals surface area contributed by atoms with E-state index in [1.807, 2.05) is 0 Å². The van der Waals surface area contributed by atoms with Gasteiger partial charge in [0.1, 0.15) is 6.10 Å². The number of alkyl halides is 3. The average molecular weight is 419 g/mol. The molecule has 1 unspecified atom stereocenters. The van der Waals surface area contributed by atoms with Crippen molar-refractivity contribution in [3.8, 4) is 0 Å². The number of nitrogens with one attached hydrogen (secondary N) is 1. The number of benzene rings is 1. The summed E-state index contributed by atoms with van der Waals surface area (Å²) in [5.74, 6) is 4.42. The van der Waals surface area contributed by atoms with Crippen LogP contribution in [0.3, 0.4) is 0 Å². The number of carbonyl (C=O) groups excluding carboxylic acids is 2. The quantitative estimate of drug-likeness (QED) is 0.572. The minimum atomic E-state index is -4.56. The molecule has 0 aliphatic carbocycles. The van der Waals surface area contributed by atoms with Crippen molar-refractivity contribution < 1.29 is 27.5 Å². The molecule has 0 radical (unpaired) electrons. The number of hydrazine groups is 3. The zero-order valence-electron chi connectivity index (χ0n) is 14.3. The predicted molar refractivity (Wildman–Crippen MR) is 91.2 cm³/mol. The van der Waals surface area contributed by atoms with Crippen LogP contribution in [0.15, 0.2) is 18.2 Å². The second-order valence-corrected chi connectivity index (χ2v) is 6.07. The molecular weight excluding hydrogens is 405 g/mol. The fourth-order valence-electron chi connectivity index (χ4n) is 2.54. The minimum Gasteiger partial charge on any atom is -0.368 e. The van der Waals surface area contributed by atoms with Crippen LogP contribution < -0.4 is 16.4 Å². The van der Waals surface area contributed by atoms with E-state index in [4.69, 9.17) is 22.2 Å². The highest BCUT2D eigenvalue weighted by Crippen LogP contribution is 2.32. The molecule has 1 aromatic heterocycles. The van der Waals surface area contributed by atoms with Gasteiger partial charge in [0.05, 0.1) is 23.0 Å². The number of halogens is 4. The molecule has 0 saturated carbocycles. The monoisotopic (exact) mass is 418 g/mol. The second-order valence-electron chi connectivity index (χ2n) is 5.72. The summed E-state index contributed by atoms with van der Waals surface area (Å²) in [5, 5.41) is 0.949. The van der Waals surface area contributed by atoms with Gasteiger partial charge in [-0.25, -0.2) is 21.2 Å². The third-order valence-corrected chi connectivity index (χ3v) is 4.07. The van der Waals surface area contributed by atoms with E-state index in [0.717, 1.165) is 18.2 Å². The van der Waals surface area contributed by atoms with Crippen LogP contribution in [-0.4, -0.2) is 39.6 Å². The van der Waals surface area contributed by atoms with Crippen molar-refractivity contribution >= 4 is 40.3 Å². The van der Waals surface area contributed by atoms with Crippen LogP contribution in [0.25, 0.3) is 11.0 Å². The third-order valence-electron chi connectivity index (χ3n) is 3.82. The highest BCUT2D eigenvalue weighted by Gasteiger charge is 2.38. The number of hydrogen-bond donors (Lipinski definition) is 2. The standard InChI is InChI=1S/C15H14ClF3N6O3/c1-2-28-10-6-11(26)23-25(14(10)27)24(20)13-12(16)21-9-5-7(15(17,18)19)3-4-8(9)22-13/h3-5,10H,2,6,20H2,1H3,(H,23,26). The molecule has 0 bridgehead atoms. The number of ether oxygens (including phenoxy) is 1. The topological polar surface area (TPSA) is 114 Å². The summed E-state index contributed by atoms with van der Waals surface area (Å²) in [6.45, 7) is 1.85. The molecule has 1 fully saturated rings. The largest absolute Gasteiger partial charge is 0.416 e. The summed E-state index contributed by atoms with van der Waals surface area (Å²) in [4.78, 5) is 32.2. The maximum Gasteiger partial charge on any atom is 0.416 e. The van der Waals surface area contributed by atoms with Crippen molar-refractivity contribution in [3.05, 3.63) is 28.9 Å². The van der Waals surface area contributed by atoms with Gasteiger partial charge in [0.15, 0.2) is 5.15 Å². The third kappa shape index (κ3) is 3.79. The number of nitrogens with zero attached hydrogens (tertiary/aromatic N) is 4. The molecule has 1 aliphatic rings. The zero-order chi connectivity index (χ0) is 20.6. The molecule has 1 saturated heterocycles. The van der Waals surface area contributed by atoms with Crippen molar-refractivity contribution in [2.75, 3.05) is 11.7 Å². The Morgan fingerprint density at radius 2 is 2.07 bits per heavy atom. The first-order valence-corrected chi connectivity index (χ1v) is 8.34.